The van der Waals surface area contributed by atoms with Crippen molar-refractivity contribution in [1.29, 1.82) is 0 Å². The van der Waals surface area contributed by atoms with E-state index in [4.69, 9.17) is 4.74 Å². The number of thioether (sulfide) groups is 1. The number of hydrogen-bond donors (Lipinski definition) is 2. The lowest BCUT2D eigenvalue weighted by Crippen LogP contribution is -2.30. The summed E-state index contributed by atoms with van der Waals surface area (Å²) in [5, 5.41) is 12.9. The lowest BCUT2D eigenvalue weighted by molar-refractivity contribution is 0.0693. The minimum Gasteiger partial charge on any atom is -0.478 e. The third-order valence-corrected chi connectivity index (χ3v) is 4.58. The Labute approximate surface area is 123 Å². The molecule has 110 valence electrons. The molecule has 0 amide bonds. The molecule has 2 atom stereocenters. The molecule has 1 aromatic rings. The molecule has 20 heavy (non-hydrogen) atoms. The van der Waals surface area contributed by atoms with Crippen LogP contribution in [-0.4, -0.2) is 36.1 Å². The minimum atomic E-state index is -0.879. The van der Waals surface area contributed by atoms with Crippen molar-refractivity contribution in [3.63, 3.8) is 0 Å². The largest absolute Gasteiger partial charge is 0.478 e. The molecule has 1 aromatic carbocycles. The van der Waals surface area contributed by atoms with Crippen LogP contribution in [0, 0.1) is 0 Å². The Kier molecular flexibility index (Phi) is 5.31. The van der Waals surface area contributed by atoms with Crippen LogP contribution in [0.3, 0.4) is 0 Å². The highest BCUT2D eigenvalue weighted by molar-refractivity contribution is 7.99. The van der Waals surface area contributed by atoms with Gasteiger partial charge in [0.2, 0.25) is 0 Å². The van der Waals surface area contributed by atoms with Crippen LogP contribution in [0.4, 0.5) is 5.69 Å². The minimum absolute atomic E-state index is 0.166. The molecule has 0 radical (unpaired) electrons. The number of benzene rings is 1. The van der Waals surface area contributed by atoms with Crippen molar-refractivity contribution in [3.05, 3.63) is 23.8 Å². The third-order valence-electron chi connectivity index (χ3n) is 3.64. The number of aromatic carboxylic acids is 1. The fourth-order valence-corrected chi connectivity index (χ4v) is 3.55. The first-order chi connectivity index (χ1) is 9.67. The summed E-state index contributed by atoms with van der Waals surface area (Å²) in [5.41, 5.74) is 1.08. The molecule has 1 saturated carbocycles. The van der Waals surface area contributed by atoms with Gasteiger partial charge < -0.3 is 15.2 Å². The van der Waals surface area contributed by atoms with Crippen molar-refractivity contribution >= 4 is 23.4 Å². The predicted octanol–water partition coefficient (Wildman–Crippen LogP) is 3.48. The first kappa shape index (κ1) is 15.2. The summed E-state index contributed by atoms with van der Waals surface area (Å²) < 4.78 is 5.46. The first-order valence-corrected chi connectivity index (χ1v) is 7.94. The zero-order valence-electron chi connectivity index (χ0n) is 11.9. The summed E-state index contributed by atoms with van der Waals surface area (Å²) in [6.45, 7) is 2.02. The molecule has 0 aromatic heterocycles. The second-order valence-electron chi connectivity index (χ2n) is 4.87. The van der Waals surface area contributed by atoms with Crippen LogP contribution in [0.15, 0.2) is 23.1 Å². The fraction of sp³-hybridized carbons (Fsp3) is 0.533. The van der Waals surface area contributed by atoms with E-state index < -0.39 is 5.97 Å². The van der Waals surface area contributed by atoms with E-state index in [9.17, 15) is 9.90 Å². The van der Waals surface area contributed by atoms with E-state index in [1.807, 2.05) is 25.1 Å². The molecule has 4 nitrogen and oxygen atoms in total. The van der Waals surface area contributed by atoms with E-state index in [0.29, 0.717) is 11.3 Å². The van der Waals surface area contributed by atoms with E-state index >= 15 is 0 Å². The van der Waals surface area contributed by atoms with Crippen molar-refractivity contribution in [2.24, 2.45) is 0 Å². The van der Waals surface area contributed by atoms with E-state index in [-0.39, 0.29) is 12.1 Å². The normalized spacial score (nSPS) is 21.9. The molecule has 5 heteroatoms. The SMILES string of the molecule is CCSc1cccc(NC2CCCC2OC)c1C(=O)O. The van der Waals surface area contributed by atoms with Gasteiger partial charge in [-0.1, -0.05) is 13.0 Å². The Morgan fingerprint density at radius 2 is 2.30 bits per heavy atom. The van der Waals surface area contributed by atoms with Gasteiger partial charge in [-0.15, -0.1) is 11.8 Å². The van der Waals surface area contributed by atoms with Crippen LogP contribution in [0.1, 0.15) is 36.5 Å². The Balaban J connectivity index is 2.26. The molecule has 0 bridgehead atoms. The van der Waals surface area contributed by atoms with Gasteiger partial charge in [0, 0.05) is 12.0 Å². The van der Waals surface area contributed by atoms with Gasteiger partial charge in [0.25, 0.3) is 0 Å². The first-order valence-electron chi connectivity index (χ1n) is 6.95. The standard InChI is InChI=1S/C15H21NO3S/c1-3-20-13-9-5-7-11(14(13)15(17)18)16-10-6-4-8-12(10)19-2/h5,7,9-10,12,16H,3-4,6,8H2,1-2H3,(H,17,18). The summed E-state index contributed by atoms with van der Waals surface area (Å²) in [6, 6.07) is 5.81. The Bertz CT molecular complexity index is 478. The summed E-state index contributed by atoms with van der Waals surface area (Å²) in [5.74, 6) is -0.0237. The molecule has 0 aliphatic heterocycles. The highest BCUT2D eigenvalue weighted by atomic mass is 32.2. The maximum atomic E-state index is 11.6. The van der Waals surface area contributed by atoms with E-state index in [2.05, 4.69) is 5.32 Å². The Hall–Kier alpha value is -1.20. The molecule has 2 rings (SSSR count). The molecular formula is C15H21NO3S. The van der Waals surface area contributed by atoms with Crippen molar-refractivity contribution in [3.8, 4) is 0 Å². The number of hydrogen-bond acceptors (Lipinski definition) is 4. The van der Waals surface area contributed by atoms with E-state index in [1.165, 1.54) is 0 Å². The van der Waals surface area contributed by atoms with Crippen LogP contribution in [-0.2, 0) is 4.74 Å². The van der Waals surface area contributed by atoms with Crippen LogP contribution in [0.25, 0.3) is 0 Å². The number of carboxylic acid groups (broad SMARTS) is 1. The fourth-order valence-electron chi connectivity index (χ4n) is 2.72. The zero-order valence-corrected chi connectivity index (χ0v) is 12.7. The number of carbonyl (C=O) groups is 1. The molecule has 2 N–H and O–H groups in total. The van der Waals surface area contributed by atoms with Crippen molar-refractivity contribution in [2.75, 3.05) is 18.2 Å². The van der Waals surface area contributed by atoms with Gasteiger partial charge in [0.15, 0.2) is 0 Å². The quantitative estimate of drug-likeness (QED) is 0.787. The summed E-state index contributed by atoms with van der Waals surface area (Å²) in [4.78, 5) is 12.4. The lowest BCUT2D eigenvalue weighted by atomic mass is 10.1. The number of ether oxygens (including phenoxy) is 1. The van der Waals surface area contributed by atoms with Gasteiger partial charge in [0.1, 0.15) is 0 Å². The Morgan fingerprint density at radius 1 is 1.50 bits per heavy atom. The molecule has 0 saturated heterocycles. The predicted molar refractivity (Wildman–Crippen MR) is 81.9 cm³/mol. The molecule has 1 fully saturated rings. The topological polar surface area (TPSA) is 58.6 Å². The zero-order chi connectivity index (χ0) is 14.5. The monoisotopic (exact) mass is 295 g/mol. The Morgan fingerprint density at radius 3 is 2.95 bits per heavy atom. The third kappa shape index (κ3) is 3.27. The molecule has 1 aliphatic rings. The lowest BCUT2D eigenvalue weighted by Gasteiger charge is -2.22. The number of anilines is 1. The molecule has 1 aliphatic carbocycles. The second-order valence-corrected chi connectivity index (χ2v) is 6.18. The second kappa shape index (κ2) is 6.99. The van der Waals surface area contributed by atoms with Crippen LogP contribution in [0.2, 0.25) is 0 Å². The summed E-state index contributed by atoms with van der Waals surface area (Å²) >= 11 is 1.56. The highest BCUT2D eigenvalue weighted by Gasteiger charge is 2.28. The van der Waals surface area contributed by atoms with Crippen molar-refractivity contribution < 1.29 is 14.6 Å². The molecule has 0 spiro atoms. The van der Waals surface area contributed by atoms with Gasteiger partial charge in [0.05, 0.1) is 23.4 Å². The molecule has 2 unspecified atom stereocenters. The van der Waals surface area contributed by atoms with E-state index in [0.717, 1.165) is 29.9 Å². The average Bonchev–Trinajstić information content (AvgIpc) is 2.86. The smallest absolute Gasteiger partial charge is 0.338 e. The van der Waals surface area contributed by atoms with Crippen LogP contribution >= 0.6 is 11.8 Å². The summed E-state index contributed by atoms with van der Waals surface area (Å²) in [7, 11) is 1.71. The van der Waals surface area contributed by atoms with Gasteiger partial charge in [-0.3, -0.25) is 0 Å². The average molecular weight is 295 g/mol. The van der Waals surface area contributed by atoms with Gasteiger partial charge in [-0.2, -0.15) is 0 Å². The number of carboxylic acids is 1. The van der Waals surface area contributed by atoms with Gasteiger partial charge in [-0.25, -0.2) is 4.79 Å². The van der Waals surface area contributed by atoms with Crippen molar-refractivity contribution in [1.82, 2.24) is 0 Å². The number of rotatable bonds is 6. The van der Waals surface area contributed by atoms with E-state index in [1.54, 1.807) is 18.9 Å². The maximum Gasteiger partial charge on any atom is 0.338 e. The van der Waals surface area contributed by atoms with Crippen LogP contribution in [0.5, 0.6) is 0 Å². The number of nitrogens with one attached hydrogen (secondary N) is 1. The highest BCUT2D eigenvalue weighted by Crippen LogP contribution is 2.31. The maximum absolute atomic E-state index is 11.6. The van der Waals surface area contributed by atoms with Gasteiger partial charge >= 0.3 is 5.97 Å². The molecule has 0 heterocycles. The molecular weight excluding hydrogens is 274 g/mol. The number of methoxy groups -OCH3 is 1. The van der Waals surface area contributed by atoms with Crippen molar-refractivity contribution in [2.45, 2.75) is 43.2 Å². The van der Waals surface area contributed by atoms with Crippen LogP contribution < -0.4 is 5.32 Å². The summed E-state index contributed by atoms with van der Waals surface area (Å²) in [6.07, 6.45) is 3.32. The van der Waals surface area contributed by atoms with Gasteiger partial charge in [-0.05, 0) is 37.1 Å².